The molecule has 0 N–H and O–H groups in total. The zero-order chi connectivity index (χ0) is 18.1. The van der Waals surface area contributed by atoms with E-state index in [1.54, 1.807) is 9.91 Å². The topological polar surface area (TPSA) is 62.2 Å². The van der Waals surface area contributed by atoms with Crippen LogP contribution in [0, 0.1) is 0 Å². The summed E-state index contributed by atoms with van der Waals surface area (Å²) in [5.74, 6) is -0.244. The molecular formula is C18H15N3O3S2. The number of benzene rings is 2. The minimum atomic E-state index is -0.899. The van der Waals surface area contributed by atoms with Gasteiger partial charge in [-0.05, 0) is 36.0 Å². The van der Waals surface area contributed by atoms with E-state index in [9.17, 15) is 9.59 Å². The molecule has 0 aliphatic carbocycles. The van der Waals surface area contributed by atoms with E-state index >= 15 is 0 Å². The van der Waals surface area contributed by atoms with E-state index in [-0.39, 0.29) is 11.0 Å². The van der Waals surface area contributed by atoms with E-state index in [0.717, 1.165) is 11.4 Å². The van der Waals surface area contributed by atoms with E-state index in [0.29, 0.717) is 5.75 Å². The van der Waals surface area contributed by atoms with Crippen LogP contribution in [-0.2, 0) is 14.3 Å². The number of nitrogens with zero attached hydrogens (tertiary/aromatic N) is 3. The Kier molecular flexibility index (Phi) is 4.37. The van der Waals surface area contributed by atoms with Crippen LogP contribution in [0.4, 0.5) is 11.4 Å². The van der Waals surface area contributed by atoms with Crippen molar-refractivity contribution in [2.75, 3.05) is 22.8 Å². The van der Waals surface area contributed by atoms with E-state index in [4.69, 9.17) is 4.74 Å². The summed E-state index contributed by atoms with van der Waals surface area (Å²) in [5.41, 5.74) is 1.55. The first kappa shape index (κ1) is 17.0. The lowest BCUT2D eigenvalue weighted by Gasteiger charge is -2.38. The fraction of sp³-hybridized carbons (Fsp3) is 0.167. The van der Waals surface area contributed by atoms with Gasteiger partial charge in [0, 0.05) is 5.69 Å². The van der Waals surface area contributed by atoms with Crippen molar-refractivity contribution in [2.24, 2.45) is 5.10 Å². The Morgan fingerprint density at radius 3 is 2.31 bits per heavy atom. The highest BCUT2D eigenvalue weighted by Gasteiger charge is 2.58. The predicted octanol–water partition coefficient (Wildman–Crippen LogP) is 3.12. The number of carbonyl (C=O) groups is 2. The minimum Gasteiger partial charge on any atom is -0.464 e. The van der Waals surface area contributed by atoms with Gasteiger partial charge in [0.25, 0.3) is 0 Å². The number of carbonyl (C=O) groups excluding carboxylic acids is 2. The van der Waals surface area contributed by atoms with Gasteiger partial charge in [-0.3, -0.25) is 9.69 Å². The lowest BCUT2D eigenvalue weighted by atomic mass is 10.3. The van der Waals surface area contributed by atoms with Crippen molar-refractivity contribution in [1.82, 2.24) is 0 Å². The van der Waals surface area contributed by atoms with Crippen LogP contribution >= 0.6 is 23.5 Å². The maximum absolute atomic E-state index is 12.8. The van der Waals surface area contributed by atoms with E-state index in [1.165, 1.54) is 30.6 Å². The Balaban J connectivity index is 1.84. The molecule has 2 heterocycles. The number of ether oxygens (including phenoxy) is 1. The molecule has 2 aliphatic heterocycles. The molecule has 8 heteroatoms. The highest BCUT2D eigenvalue weighted by Crippen LogP contribution is 2.55. The summed E-state index contributed by atoms with van der Waals surface area (Å²) >= 11 is 2.67. The summed E-state index contributed by atoms with van der Waals surface area (Å²) in [4.78, 5) is 26.6. The van der Waals surface area contributed by atoms with Gasteiger partial charge >= 0.3 is 5.97 Å². The SMILES string of the molecule is COC(=O)C1=NN(c2ccccc2)C2(SCC(=O)N2c2ccccc2)S1. The van der Waals surface area contributed by atoms with Crippen LogP contribution in [0.2, 0.25) is 0 Å². The molecule has 2 aromatic rings. The van der Waals surface area contributed by atoms with Crippen molar-refractivity contribution >= 4 is 51.8 Å². The first-order valence-corrected chi connectivity index (χ1v) is 9.69. The number of methoxy groups -OCH3 is 1. The van der Waals surface area contributed by atoms with Crippen LogP contribution in [0.15, 0.2) is 65.8 Å². The van der Waals surface area contributed by atoms with Gasteiger partial charge in [-0.25, -0.2) is 9.80 Å². The fourth-order valence-electron chi connectivity index (χ4n) is 2.86. The summed E-state index contributed by atoms with van der Waals surface area (Å²) in [6.07, 6.45) is 0. The van der Waals surface area contributed by atoms with Crippen molar-refractivity contribution < 1.29 is 14.3 Å². The summed E-state index contributed by atoms with van der Waals surface area (Å²) in [7, 11) is 1.32. The van der Waals surface area contributed by atoms with Gasteiger partial charge in [0.05, 0.1) is 18.6 Å². The molecule has 2 aliphatic rings. The van der Waals surface area contributed by atoms with Crippen molar-refractivity contribution in [3.05, 3.63) is 60.7 Å². The van der Waals surface area contributed by atoms with Gasteiger partial charge in [0.15, 0.2) is 0 Å². The van der Waals surface area contributed by atoms with Crippen LogP contribution in [0.5, 0.6) is 0 Å². The van der Waals surface area contributed by atoms with Gasteiger partial charge in [-0.15, -0.1) is 0 Å². The Labute approximate surface area is 159 Å². The summed E-state index contributed by atoms with van der Waals surface area (Å²) in [6.45, 7) is 0. The number of esters is 1. The Hall–Kier alpha value is -2.45. The smallest absolute Gasteiger partial charge is 0.365 e. The molecule has 0 bridgehead atoms. The standard InChI is InChI=1S/C18H15N3O3S2/c1-24-17(23)16-19-21(14-10-6-3-7-11-14)18(26-16)20(15(22)12-25-18)13-8-4-2-5-9-13/h2-11H,12H2,1H3. The quantitative estimate of drug-likeness (QED) is 0.757. The summed E-state index contributed by atoms with van der Waals surface area (Å²) in [6, 6.07) is 18.9. The number of amides is 1. The van der Waals surface area contributed by atoms with Crippen LogP contribution in [0.1, 0.15) is 0 Å². The number of para-hydroxylation sites is 2. The van der Waals surface area contributed by atoms with Crippen LogP contribution in [0.25, 0.3) is 0 Å². The molecule has 0 aromatic heterocycles. The fourth-order valence-corrected chi connectivity index (χ4v) is 5.63. The molecule has 26 heavy (non-hydrogen) atoms. The van der Waals surface area contributed by atoms with E-state index < -0.39 is 10.3 Å². The molecule has 1 saturated heterocycles. The maximum Gasteiger partial charge on any atom is 0.365 e. The zero-order valence-corrected chi connectivity index (χ0v) is 15.5. The van der Waals surface area contributed by atoms with Crippen molar-refractivity contribution in [3.63, 3.8) is 0 Å². The zero-order valence-electron chi connectivity index (χ0n) is 13.9. The number of hydrogen-bond donors (Lipinski definition) is 0. The first-order valence-electron chi connectivity index (χ1n) is 7.89. The number of hydrazone groups is 1. The second-order valence-corrected chi connectivity index (χ2v) is 8.11. The average molecular weight is 385 g/mol. The van der Waals surface area contributed by atoms with Gasteiger partial charge in [0.1, 0.15) is 0 Å². The molecule has 1 fully saturated rings. The molecule has 1 atom stereocenters. The maximum atomic E-state index is 12.8. The molecule has 132 valence electrons. The summed E-state index contributed by atoms with van der Waals surface area (Å²) < 4.78 is 3.96. The Bertz CT molecular complexity index is 876. The third-order valence-corrected chi connectivity index (χ3v) is 6.77. The van der Waals surface area contributed by atoms with Crippen LogP contribution < -0.4 is 9.91 Å². The highest BCUT2D eigenvalue weighted by molar-refractivity contribution is 8.28. The lowest BCUT2D eigenvalue weighted by molar-refractivity contribution is -0.132. The monoisotopic (exact) mass is 385 g/mol. The van der Waals surface area contributed by atoms with Crippen molar-refractivity contribution in [2.45, 2.75) is 4.33 Å². The van der Waals surface area contributed by atoms with Crippen LogP contribution in [-0.4, -0.2) is 34.1 Å². The second-order valence-electron chi connectivity index (χ2n) is 5.55. The predicted molar refractivity (Wildman–Crippen MR) is 105 cm³/mol. The molecule has 1 spiro atoms. The Morgan fingerprint density at radius 2 is 1.69 bits per heavy atom. The van der Waals surface area contributed by atoms with E-state index in [2.05, 4.69) is 5.10 Å². The third kappa shape index (κ3) is 2.65. The summed E-state index contributed by atoms with van der Waals surface area (Å²) in [5, 5.41) is 6.45. The highest BCUT2D eigenvalue weighted by atomic mass is 32.2. The minimum absolute atomic E-state index is 0.0315. The number of anilines is 2. The molecule has 6 nitrogen and oxygen atoms in total. The molecule has 4 rings (SSSR count). The lowest BCUT2D eigenvalue weighted by Crippen LogP contribution is -2.51. The first-order chi connectivity index (χ1) is 12.7. The van der Waals surface area contributed by atoms with Crippen LogP contribution in [0.3, 0.4) is 0 Å². The number of hydrogen-bond acceptors (Lipinski definition) is 7. The van der Waals surface area contributed by atoms with Crippen molar-refractivity contribution in [3.8, 4) is 0 Å². The number of rotatable bonds is 3. The van der Waals surface area contributed by atoms with Gasteiger partial charge in [-0.2, -0.15) is 5.10 Å². The van der Waals surface area contributed by atoms with Gasteiger partial charge in [0.2, 0.25) is 15.3 Å². The van der Waals surface area contributed by atoms with Crippen molar-refractivity contribution in [1.29, 1.82) is 0 Å². The van der Waals surface area contributed by atoms with Gasteiger partial charge in [-0.1, -0.05) is 48.2 Å². The largest absolute Gasteiger partial charge is 0.464 e. The second kappa shape index (κ2) is 6.69. The van der Waals surface area contributed by atoms with Gasteiger partial charge < -0.3 is 4.74 Å². The Morgan fingerprint density at radius 1 is 1.08 bits per heavy atom. The normalized spacial score (nSPS) is 22.0. The third-order valence-electron chi connectivity index (χ3n) is 3.98. The molecule has 1 amide bonds. The molecule has 1 unspecified atom stereocenters. The molecule has 0 saturated carbocycles. The van der Waals surface area contributed by atoms with E-state index in [1.807, 2.05) is 60.7 Å². The molecule has 2 aromatic carbocycles. The average Bonchev–Trinajstić information content (AvgIpc) is 3.23. The molecular weight excluding hydrogens is 370 g/mol. The molecule has 0 radical (unpaired) electrons. The number of thioether (sulfide) groups is 2.